The van der Waals surface area contributed by atoms with Crippen LogP contribution in [-0.2, 0) is 0 Å². The summed E-state index contributed by atoms with van der Waals surface area (Å²) < 4.78 is 14.4. The molecule has 1 aliphatic rings. The maximum absolute atomic E-state index is 14.4. The van der Waals surface area contributed by atoms with Crippen molar-refractivity contribution in [3.8, 4) is 0 Å². The van der Waals surface area contributed by atoms with Crippen molar-refractivity contribution in [1.29, 1.82) is 0 Å². The molecule has 1 atom stereocenters. The highest BCUT2D eigenvalue weighted by Gasteiger charge is 2.31. The van der Waals surface area contributed by atoms with Crippen LogP contribution in [0.2, 0.25) is 10.0 Å². The Morgan fingerprint density at radius 1 is 1.24 bits per heavy atom. The molecule has 0 aromatic heterocycles. The fourth-order valence-corrected chi connectivity index (χ4v) is 3.77. The Morgan fingerprint density at radius 3 is 2.38 bits per heavy atom. The SMILES string of the molecule is Cc1cc(Cl)c(C(O)CNCC2(F)CCCCC2)c(Cl)c1. The summed E-state index contributed by atoms with van der Waals surface area (Å²) in [5.74, 6) is 0. The first-order chi connectivity index (χ1) is 9.91. The van der Waals surface area contributed by atoms with Crippen LogP contribution in [0.3, 0.4) is 0 Å². The first-order valence-electron chi connectivity index (χ1n) is 7.44. The van der Waals surface area contributed by atoms with E-state index in [-0.39, 0.29) is 13.1 Å². The molecule has 1 aromatic rings. The highest BCUT2D eigenvalue weighted by molar-refractivity contribution is 6.36. The molecular weight excluding hydrogens is 312 g/mol. The van der Waals surface area contributed by atoms with Crippen LogP contribution in [0.25, 0.3) is 0 Å². The van der Waals surface area contributed by atoms with Gasteiger partial charge in [0.1, 0.15) is 5.67 Å². The van der Waals surface area contributed by atoms with Crippen molar-refractivity contribution in [1.82, 2.24) is 5.32 Å². The predicted molar refractivity (Wildman–Crippen MR) is 86.0 cm³/mol. The molecule has 1 aromatic carbocycles. The van der Waals surface area contributed by atoms with Crippen LogP contribution in [0, 0.1) is 6.92 Å². The predicted octanol–water partition coefficient (Wildman–Crippen LogP) is 4.60. The summed E-state index contributed by atoms with van der Waals surface area (Å²) in [5, 5.41) is 14.1. The summed E-state index contributed by atoms with van der Waals surface area (Å²) in [7, 11) is 0. The maximum Gasteiger partial charge on any atom is 0.123 e. The third-order valence-electron chi connectivity index (χ3n) is 4.09. The van der Waals surface area contributed by atoms with Crippen molar-refractivity contribution in [3.05, 3.63) is 33.3 Å². The third-order valence-corrected chi connectivity index (χ3v) is 4.71. The summed E-state index contributed by atoms with van der Waals surface area (Å²) in [5.41, 5.74) is 0.311. The molecule has 2 rings (SSSR count). The average Bonchev–Trinajstić information content (AvgIpc) is 2.38. The molecule has 118 valence electrons. The van der Waals surface area contributed by atoms with Crippen LogP contribution in [0.5, 0.6) is 0 Å². The van der Waals surface area contributed by atoms with Gasteiger partial charge in [0.25, 0.3) is 0 Å². The minimum absolute atomic E-state index is 0.244. The Hall–Kier alpha value is -0.350. The smallest absolute Gasteiger partial charge is 0.123 e. The highest BCUT2D eigenvalue weighted by Crippen LogP contribution is 2.33. The lowest BCUT2D eigenvalue weighted by atomic mass is 9.86. The van der Waals surface area contributed by atoms with Crippen LogP contribution in [0.1, 0.15) is 49.3 Å². The Balaban J connectivity index is 1.91. The van der Waals surface area contributed by atoms with Gasteiger partial charge in [-0.2, -0.15) is 0 Å². The topological polar surface area (TPSA) is 32.3 Å². The number of hydrogen-bond donors (Lipinski definition) is 2. The molecule has 0 saturated heterocycles. The molecule has 5 heteroatoms. The van der Waals surface area contributed by atoms with E-state index in [1.54, 1.807) is 12.1 Å². The van der Waals surface area contributed by atoms with Crippen molar-refractivity contribution >= 4 is 23.2 Å². The number of aliphatic hydroxyl groups excluding tert-OH is 1. The molecule has 0 aliphatic heterocycles. The minimum atomic E-state index is -1.14. The number of alkyl halides is 1. The van der Waals surface area contributed by atoms with Crippen molar-refractivity contribution in [2.75, 3.05) is 13.1 Å². The Morgan fingerprint density at radius 2 is 1.81 bits per heavy atom. The Labute approximate surface area is 135 Å². The monoisotopic (exact) mass is 333 g/mol. The van der Waals surface area contributed by atoms with Crippen LogP contribution >= 0.6 is 23.2 Å². The van der Waals surface area contributed by atoms with Gasteiger partial charge in [0.15, 0.2) is 0 Å². The van der Waals surface area contributed by atoms with E-state index in [4.69, 9.17) is 23.2 Å². The van der Waals surface area contributed by atoms with Gasteiger partial charge in [0.2, 0.25) is 0 Å². The molecule has 1 saturated carbocycles. The number of aliphatic hydroxyl groups is 1. The van der Waals surface area contributed by atoms with E-state index in [1.807, 2.05) is 6.92 Å². The number of halogens is 3. The van der Waals surface area contributed by atoms with E-state index >= 15 is 0 Å². The highest BCUT2D eigenvalue weighted by atomic mass is 35.5. The van der Waals surface area contributed by atoms with Crippen molar-refractivity contribution in [2.45, 2.75) is 50.8 Å². The van der Waals surface area contributed by atoms with Gasteiger partial charge in [0.05, 0.1) is 6.10 Å². The second kappa shape index (κ2) is 7.28. The molecule has 0 heterocycles. The summed E-state index contributed by atoms with van der Waals surface area (Å²) >= 11 is 12.3. The van der Waals surface area contributed by atoms with E-state index in [0.717, 1.165) is 24.8 Å². The zero-order valence-electron chi connectivity index (χ0n) is 12.3. The molecule has 1 unspecified atom stereocenters. The van der Waals surface area contributed by atoms with Gasteiger partial charge in [-0.3, -0.25) is 0 Å². The van der Waals surface area contributed by atoms with Gasteiger partial charge in [-0.15, -0.1) is 0 Å². The van der Waals surface area contributed by atoms with Crippen LogP contribution in [0.15, 0.2) is 12.1 Å². The Kier molecular flexibility index (Phi) is 5.89. The largest absolute Gasteiger partial charge is 0.387 e. The van der Waals surface area contributed by atoms with E-state index in [2.05, 4.69) is 5.32 Å². The van der Waals surface area contributed by atoms with E-state index < -0.39 is 11.8 Å². The van der Waals surface area contributed by atoms with Gasteiger partial charge in [0, 0.05) is 28.7 Å². The van der Waals surface area contributed by atoms with Crippen molar-refractivity contribution in [3.63, 3.8) is 0 Å². The van der Waals surface area contributed by atoms with Crippen LogP contribution < -0.4 is 5.32 Å². The van der Waals surface area contributed by atoms with Gasteiger partial charge < -0.3 is 10.4 Å². The van der Waals surface area contributed by atoms with Crippen molar-refractivity contribution < 1.29 is 9.50 Å². The number of hydrogen-bond acceptors (Lipinski definition) is 2. The van der Waals surface area contributed by atoms with Gasteiger partial charge in [-0.25, -0.2) is 4.39 Å². The second-order valence-electron chi connectivity index (χ2n) is 6.00. The zero-order valence-corrected chi connectivity index (χ0v) is 13.8. The van der Waals surface area contributed by atoms with Gasteiger partial charge in [-0.05, 0) is 37.5 Å². The summed E-state index contributed by atoms with van der Waals surface area (Å²) in [6.45, 7) is 2.40. The molecular formula is C16H22Cl2FNO. The zero-order chi connectivity index (χ0) is 15.5. The second-order valence-corrected chi connectivity index (χ2v) is 6.81. The molecule has 0 spiro atoms. The third kappa shape index (κ3) is 4.56. The van der Waals surface area contributed by atoms with Gasteiger partial charge >= 0.3 is 0 Å². The summed E-state index contributed by atoms with van der Waals surface area (Å²) in [6.07, 6.45) is 3.36. The standard InChI is InChI=1S/C16H22Cl2FNO/c1-11-7-12(17)15(13(18)8-11)14(21)9-20-10-16(19)5-3-2-4-6-16/h7-8,14,20-21H,2-6,9-10H2,1H3. The Bertz CT molecular complexity index is 466. The van der Waals surface area contributed by atoms with E-state index in [0.29, 0.717) is 28.5 Å². The van der Waals surface area contributed by atoms with Crippen LogP contribution in [-0.4, -0.2) is 23.9 Å². The molecule has 2 nitrogen and oxygen atoms in total. The van der Waals surface area contributed by atoms with Crippen LogP contribution in [0.4, 0.5) is 4.39 Å². The molecule has 21 heavy (non-hydrogen) atoms. The lowest BCUT2D eigenvalue weighted by Gasteiger charge is -2.30. The average molecular weight is 334 g/mol. The number of rotatable bonds is 5. The van der Waals surface area contributed by atoms with E-state index in [9.17, 15) is 9.50 Å². The lowest BCUT2D eigenvalue weighted by molar-refractivity contribution is 0.0965. The van der Waals surface area contributed by atoms with Crippen molar-refractivity contribution in [2.24, 2.45) is 0 Å². The first-order valence-corrected chi connectivity index (χ1v) is 8.20. The van der Waals surface area contributed by atoms with Gasteiger partial charge in [-0.1, -0.05) is 42.5 Å². The number of aryl methyl sites for hydroxylation is 1. The molecule has 1 fully saturated rings. The quantitative estimate of drug-likeness (QED) is 0.825. The molecule has 0 bridgehead atoms. The molecule has 2 N–H and O–H groups in total. The number of nitrogens with one attached hydrogen (secondary N) is 1. The first kappa shape index (κ1) is 17.0. The summed E-state index contributed by atoms with van der Waals surface area (Å²) in [4.78, 5) is 0. The minimum Gasteiger partial charge on any atom is -0.387 e. The molecule has 0 amide bonds. The normalized spacial score (nSPS) is 19.5. The van der Waals surface area contributed by atoms with E-state index in [1.165, 1.54) is 0 Å². The molecule has 1 aliphatic carbocycles. The lowest BCUT2D eigenvalue weighted by Crippen LogP contribution is -2.39. The molecule has 0 radical (unpaired) electrons. The fraction of sp³-hybridized carbons (Fsp3) is 0.625. The fourth-order valence-electron chi connectivity index (χ4n) is 2.93. The number of benzene rings is 1. The maximum atomic E-state index is 14.4. The summed E-state index contributed by atoms with van der Waals surface area (Å²) in [6, 6.07) is 3.54.